The predicted molar refractivity (Wildman–Crippen MR) is 70.2 cm³/mol. The van der Waals surface area contributed by atoms with Gasteiger partial charge in [-0.1, -0.05) is 6.92 Å². The Morgan fingerprint density at radius 1 is 1.42 bits per heavy atom. The standard InChI is InChI=1S/C10H15ClN4O3S/c1-3-4-12-9(16)7-15(2)19(17,18)8-5-13-10(11)14-6-8/h5-6H,3-4,7H2,1-2H3,(H,12,16). The van der Waals surface area contributed by atoms with Gasteiger partial charge in [-0.05, 0) is 18.0 Å². The third kappa shape index (κ3) is 4.41. The molecular formula is C10H15ClN4O3S. The summed E-state index contributed by atoms with van der Waals surface area (Å²) < 4.78 is 25.1. The van der Waals surface area contributed by atoms with Crippen LogP contribution in [0.25, 0.3) is 0 Å². The van der Waals surface area contributed by atoms with Crippen LogP contribution >= 0.6 is 11.6 Å². The first kappa shape index (κ1) is 15.8. The second-order valence-corrected chi connectivity index (χ2v) is 6.18. The average molecular weight is 307 g/mol. The van der Waals surface area contributed by atoms with Crippen molar-refractivity contribution in [2.45, 2.75) is 18.2 Å². The fourth-order valence-electron chi connectivity index (χ4n) is 1.22. The number of halogens is 1. The average Bonchev–Trinajstić information content (AvgIpc) is 2.36. The summed E-state index contributed by atoms with van der Waals surface area (Å²) in [5.41, 5.74) is 0. The van der Waals surface area contributed by atoms with E-state index in [9.17, 15) is 13.2 Å². The van der Waals surface area contributed by atoms with E-state index in [1.54, 1.807) is 0 Å². The Morgan fingerprint density at radius 2 is 2.00 bits per heavy atom. The highest BCUT2D eigenvalue weighted by Gasteiger charge is 2.23. The molecule has 0 saturated heterocycles. The Morgan fingerprint density at radius 3 is 2.53 bits per heavy atom. The Labute approximate surface area is 117 Å². The van der Waals surface area contributed by atoms with Gasteiger partial charge in [0.2, 0.25) is 21.2 Å². The third-order valence-electron chi connectivity index (χ3n) is 2.24. The first-order valence-electron chi connectivity index (χ1n) is 5.58. The largest absolute Gasteiger partial charge is 0.355 e. The van der Waals surface area contributed by atoms with E-state index in [4.69, 9.17) is 11.6 Å². The number of nitrogens with zero attached hydrogens (tertiary/aromatic N) is 3. The maximum atomic E-state index is 12.1. The Hall–Kier alpha value is -1.25. The number of sulfonamides is 1. The molecule has 1 rings (SSSR count). The Balaban J connectivity index is 2.77. The monoisotopic (exact) mass is 306 g/mol. The van der Waals surface area contributed by atoms with Crippen LogP contribution in [-0.2, 0) is 14.8 Å². The molecule has 0 aliphatic carbocycles. The van der Waals surface area contributed by atoms with E-state index in [1.807, 2.05) is 6.92 Å². The van der Waals surface area contributed by atoms with Crippen molar-refractivity contribution in [3.8, 4) is 0 Å². The van der Waals surface area contributed by atoms with Gasteiger partial charge in [-0.3, -0.25) is 4.79 Å². The Kier molecular flexibility index (Phi) is 5.64. The summed E-state index contributed by atoms with van der Waals surface area (Å²) in [4.78, 5) is 18.6. The van der Waals surface area contributed by atoms with E-state index in [-0.39, 0.29) is 22.6 Å². The summed E-state index contributed by atoms with van der Waals surface area (Å²) in [6.45, 7) is 2.16. The number of rotatable bonds is 6. The molecular weight excluding hydrogens is 292 g/mol. The third-order valence-corrected chi connectivity index (χ3v) is 4.19. The van der Waals surface area contributed by atoms with Gasteiger partial charge in [0.1, 0.15) is 4.90 Å². The molecule has 0 fully saturated rings. The molecule has 1 amide bonds. The number of likely N-dealkylation sites (N-methyl/N-ethyl adjacent to an activating group) is 1. The number of carbonyl (C=O) groups excluding carboxylic acids is 1. The maximum absolute atomic E-state index is 12.1. The zero-order valence-electron chi connectivity index (χ0n) is 10.6. The van der Waals surface area contributed by atoms with Crippen LogP contribution in [0.1, 0.15) is 13.3 Å². The highest BCUT2D eigenvalue weighted by molar-refractivity contribution is 7.89. The molecule has 9 heteroatoms. The van der Waals surface area contributed by atoms with Crippen molar-refractivity contribution in [1.29, 1.82) is 0 Å². The Bertz CT molecular complexity index is 532. The van der Waals surface area contributed by atoms with Crippen molar-refractivity contribution < 1.29 is 13.2 Å². The topological polar surface area (TPSA) is 92.3 Å². The van der Waals surface area contributed by atoms with Gasteiger partial charge in [-0.15, -0.1) is 0 Å². The molecule has 0 atom stereocenters. The number of carbonyl (C=O) groups is 1. The van der Waals surface area contributed by atoms with Crippen LogP contribution in [0.3, 0.4) is 0 Å². The lowest BCUT2D eigenvalue weighted by atomic mass is 10.4. The van der Waals surface area contributed by atoms with Crippen molar-refractivity contribution in [3.05, 3.63) is 17.7 Å². The number of amides is 1. The maximum Gasteiger partial charge on any atom is 0.246 e. The highest BCUT2D eigenvalue weighted by atomic mass is 35.5. The SMILES string of the molecule is CCCNC(=O)CN(C)S(=O)(=O)c1cnc(Cl)nc1. The second-order valence-electron chi connectivity index (χ2n) is 3.80. The minimum Gasteiger partial charge on any atom is -0.355 e. The molecule has 0 saturated carbocycles. The molecule has 0 radical (unpaired) electrons. The van der Waals surface area contributed by atoms with Crippen LogP contribution in [-0.4, -0.2) is 48.7 Å². The lowest BCUT2D eigenvalue weighted by molar-refractivity contribution is -0.121. The number of hydrogen-bond acceptors (Lipinski definition) is 5. The molecule has 19 heavy (non-hydrogen) atoms. The summed E-state index contributed by atoms with van der Waals surface area (Å²) >= 11 is 5.49. The minimum atomic E-state index is -3.79. The highest BCUT2D eigenvalue weighted by Crippen LogP contribution is 2.12. The zero-order valence-corrected chi connectivity index (χ0v) is 12.2. The van der Waals surface area contributed by atoms with E-state index in [0.29, 0.717) is 6.54 Å². The summed E-state index contributed by atoms with van der Waals surface area (Å²) in [5.74, 6) is -0.359. The lowest BCUT2D eigenvalue weighted by Gasteiger charge is -2.16. The first-order valence-corrected chi connectivity index (χ1v) is 7.40. The second kappa shape index (κ2) is 6.78. The van der Waals surface area contributed by atoms with Gasteiger partial charge in [-0.25, -0.2) is 18.4 Å². The molecule has 0 aliphatic rings. The van der Waals surface area contributed by atoms with Crippen molar-refractivity contribution in [2.75, 3.05) is 20.1 Å². The summed E-state index contributed by atoms with van der Waals surface area (Å²) in [7, 11) is -2.47. The fraction of sp³-hybridized carbons (Fsp3) is 0.500. The van der Waals surface area contributed by atoms with Crippen LogP contribution in [0.4, 0.5) is 0 Å². The zero-order chi connectivity index (χ0) is 14.5. The van der Waals surface area contributed by atoms with Gasteiger partial charge in [0, 0.05) is 13.6 Å². The predicted octanol–water partition coefficient (Wildman–Crippen LogP) is 0.277. The van der Waals surface area contributed by atoms with Crippen molar-refractivity contribution in [2.24, 2.45) is 0 Å². The molecule has 1 aromatic heterocycles. The molecule has 7 nitrogen and oxygen atoms in total. The normalized spacial score (nSPS) is 11.6. The van der Waals surface area contributed by atoms with Gasteiger partial charge >= 0.3 is 0 Å². The summed E-state index contributed by atoms with van der Waals surface area (Å²) in [5, 5.41) is 2.56. The van der Waals surface area contributed by atoms with E-state index in [0.717, 1.165) is 23.1 Å². The van der Waals surface area contributed by atoms with E-state index in [2.05, 4.69) is 15.3 Å². The molecule has 1 N–H and O–H groups in total. The lowest BCUT2D eigenvalue weighted by Crippen LogP contribution is -2.38. The minimum absolute atomic E-state index is 0.0395. The van der Waals surface area contributed by atoms with Crippen molar-refractivity contribution >= 4 is 27.5 Å². The number of aromatic nitrogens is 2. The quantitative estimate of drug-likeness (QED) is 0.762. The van der Waals surface area contributed by atoms with Gasteiger partial charge in [0.05, 0.1) is 18.9 Å². The van der Waals surface area contributed by atoms with Crippen molar-refractivity contribution in [3.63, 3.8) is 0 Å². The molecule has 1 heterocycles. The van der Waals surface area contributed by atoms with E-state index in [1.165, 1.54) is 7.05 Å². The molecule has 0 aromatic carbocycles. The first-order chi connectivity index (χ1) is 8.87. The van der Waals surface area contributed by atoms with Crippen LogP contribution in [0.15, 0.2) is 17.3 Å². The van der Waals surface area contributed by atoms with Gasteiger partial charge in [-0.2, -0.15) is 4.31 Å². The van der Waals surface area contributed by atoms with Gasteiger partial charge in [0.15, 0.2) is 0 Å². The molecule has 1 aromatic rings. The van der Waals surface area contributed by atoms with E-state index < -0.39 is 10.0 Å². The van der Waals surface area contributed by atoms with Crippen molar-refractivity contribution in [1.82, 2.24) is 19.6 Å². The molecule has 0 unspecified atom stereocenters. The van der Waals surface area contributed by atoms with Gasteiger partial charge < -0.3 is 5.32 Å². The fourth-order valence-corrected chi connectivity index (χ4v) is 2.34. The number of nitrogens with one attached hydrogen (secondary N) is 1. The smallest absolute Gasteiger partial charge is 0.246 e. The van der Waals surface area contributed by atoms with Crippen LogP contribution < -0.4 is 5.32 Å². The molecule has 106 valence electrons. The van der Waals surface area contributed by atoms with E-state index >= 15 is 0 Å². The summed E-state index contributed by atoms with van der Waals surface area (Å²) in [6.07, 6.45) is 2.99. The number of hydrogen-bond donors (Lipinski definition) is 1. The van der Waals surface area contributed by atoms with Crippen LogP contribution in [0.2, 0.25) is 5.28 Å². The molecule has 0 bridgehead atoms. The van der Waals surface area contributed by atoms with Crippen LogP contribution in [0, 0.1) is 0 Å². The summed E-state index contributed by atoms with van der Waals surface area (Å²) in [6, 6.07) is 0. The van der Waals surface area contributed by atoms with Gasteiger partial charge in [0.25, 0.3) is 0 Å². The van der Waals surface area contributed by atoms with Crippen LogP contribution in [0.5, 0.6) is 0 Å². The molecule has 0 aliphatic heterocycles. The molecule has 0 spiro atoms.